The SMILES string of the molecule is Clc1cccc(-c2nnc3c4ccccc4c4nnc(-c5cccc(Cl)c5)n4n23)c1. The quantitative estimate of drug-likeness (QED) is 0.360. The molecule has 0 spiro atoms. The van der Waals surface area contributed by atoms with E-state index < -0.39 is 0 Å². The van der Waals surface area contributed by atoms with Crippen molar-refractivity contribution in [1.82, 2.24) is 29.4 Å². The first-order valence-corrected chi connectivity index (χ1v) is 9.99. The predicted octanol–water partition coefficient (Wildman–Crippen LogP) is 5.57. The Bertz CT molecular complexity index is 1470. The van der Waals surface area contributed by atoms with Gasteiger partial charge in [0.2, 0.25) is 0 Å². The number of hydrogen-bond donors (Lipinski definition) is 0. The first kappa shape index (κ1) is 17.4. The van der Waals surface area contributed by atoms with E-state index in [0.717, 1.165) is 21.9 Å². The van der Waals surface area contributed by atoms with Crippen molar-refractivity contribution in [3.05, 3.63) is 82.8 Å². The number of aromatic nitrogens is 6. The molecule has 6 nitrogen and oxygen atoms in total. The second-order valence-corrected chi connectivity index (χ2v) is 7.76. The van der Waals surface area contributed by atoms with Gasteiger partial charge in [-0.05, 0) is 24.3 Å². The monoisotopic (exact) mass is 430 g/mol. The van der Waals surface area contributed by atoms with E-state index in [4.69, 9.17) is 23.2 Å². The van der Waals surface area contributed by atoms with Crippen molar-refractivity contribution in [1.29, 1.82) is 0 Å². The number of benzene rings is 3. The van der Waals surface area contributed by atoms with Crippen LogP contribution in [0, 0.1) is 0 Å². The first-order chi connectivity index (χ1) is 14.7. The summed E-state index contributed by atoms with van der Waals surface area (Å²) in [6.07, 6.45) is 0. The minimum atomic E-state index is 0.625. The van der Waals surface area contributed by atoms with Crippen LogP contribution in [0.15, 0.2) is 72.8 Å². The zero-order valence-corrected chi connectivity index (χ0v) is 16.9. The van der Waals surface area contributed by atoms with Gasteiger partial charge in [0, 0.05) is 31.9 Å². The maximum atomic E-state index is 6.25. The summed E-state index contributed by atoms with van der Waals surface area (Å²) in [6, 6.07) is 23.0. The summed E-state index contributed by atoms with van der Waals surface area (Å²) in [5, 5.41) is 21.1. The molecule has 0 fully saturated rings. The molecule has 0 N–H and O–H groups in total. The molecule has 30 heavy (non-hydrogen) atoms. The fraction of sp³-hybridized carbons (Fsp3) is 0. The smallest absolute Gasteiger partial charge is 0.184 e. The molecule has 0 radical (unpaired) electrons. The maximum absolute atomic E-state index is 6.25. The highest BCUT2D eigenvalue weighted by atomic mass is 35.5. The van der Waals surface area contributed by atoms with E-state index in [1.165, 1.54) is 0 Å². The molecule has 3 heterocycles. The molecule has 0 saturated carbocycles. The Morgan fingerprint density at radius 3 is 1.43 bits per heavy atom. The fourth-order valence-electron chi connectivity index (χ4n) is 3.76. The molecular formula is C22H12Cl2N6. The number of halogens is 2. The van der Waals surface area contributed by atoms with Crippen LogP contribution in [-0.4, -0.2) is 29.4 Å². The average molecular weight is 431 g/mol. The van der Waals surface area contributed by atoms with Gasteiger partial charge in [-0.3, -0.25) is 0 Å². The number of fused-ring (bicyclic) bond motifs is 6. The third-order valence-corrected chi connectivity index (χ3v) is 5.53. The summed E-state index contributed by atoms with van der Waals surface area (Å²) in [5.41, 5.74) is 3.10. The maximum Gasteiger partial charge on any atom is 0.184 e. The number of nitrogens with zero attached hydrogens (tertiary/aromatic N) is 6. The molecule has 0 aliphatic heterocycles. The normalized spacial score (nSPS) is 11.7. The van der Waals surface area contributed by atoms with Crippen molar-refractivity contribution in [3.63, 3.8) is 0 Å². The topological polar surface area (TPSA) is 60.4 Å². The third-order valence-electron chi connectivity index (χ3n) is 5.06. The lowest BCUT2D eigenvalue weighted by molar-refractivity contribution is 0.864. The lowest BCUT2D eigenvalue weighted by Gasteiger charge is -2.09. The molecule has 0 atom stereocenters. The minimum Gasteiger partial charge on any atom is -0.204 e. The van der Waals surface area contributed by atoms with Gasteiger partial charge >= 0.3 is 0 Å². The second-order valence-electron chi connectivity index (χ2n) is 6.88. The minimum absolute atomic E-state index is 0.625. The Labute approximate surface area is 180 Å². The van der Waals surface area contributed by atoms with Crippen LogP contribution in [0.2, 0.25) is 10.0 Å². The van der Waals surface area contributed by atoms with Gasteiger partial charge in [0.25, 0.3) is 0 Å². The van der Waals surface area contributed by atoms with Gasteiger partial charge in [-0.25, -0.2) is 9.03 Å². The van der Waals surface area contributed by atoms with Crippen LogP contribution in [0.4, 0.5) is 0 Å². The molecule has 0 aliphatic rings. The lowest BCUT2D eigenvalue weighted by atomic mass is 10.1. The van der Waals surface area contributed by atoms with Crippen LogP contribution >= 0.6 is 23.2 Å². The van der Waals surface area contributed by atoms with E-state index in [1.54, 1.807) is 0 Å². The molecule has 0 amide bonds. The Hall–Kier alpha value is -3.48. The summed E-state index contributed by atoms with van der Waals surface area (Å²) in [5.74, 6) is 1.29. The molecule has 0 aliphatic carbocycles. The highest BCUT2D eigenvalue weighted by Gasteiger charge is 2.20. The van der Waals surface area contributed by atoms with Crippen molar-refractivity contribution < 1.29 is 0 Å². The van der Waals surface area contributed by atoms with Crippen LogP contribution in [0.25, 0.3) is 44.8 Å². The van der Waals surface area contributed by atoms with Crippen LogP contribution in [-0.2, 0) is 0 Å². The van der Waals surface area contributed by atoms with Gasteiger partial charge in [-0.1, -0.05) is 71.7 Å². The van der Waals surface area contributed by atoms with E-state index >= 15 is 0 Å². The number of rotatable bonds is 2. The molecule has 144 valence electrons. The van der Waals surface area contributed by atoms with Crippen molar-refractivity contribution in [2.45, 2.75) is 0 Å². The Balaban J connectivity index is 1.82. The molecular weight excluding hydrogens is 419 g/mol. The summed E-state index contributed by atoms with van der Waals surface area (Å²) in [6.45, 7) is 0. The Kier molecular flexibility index (Phi) is 3.78. The molecule has 0 bridgehead atoms. The van der Waals surface area contributed by atoms with Crippen molar-refractivity contribution >= 4 is 45.3 Å². The van der Waals surface area contributed by atoms with Gasteiger partial charge in [-0.2, -0.15) is 0 Å². The predicted molar refractivity (Wildman–Crippen MR) is 118 cm³/mol. The highest BCUT2D eigenvalue weighted by Crippen LogP contribution is 2.31. The van der Waals surface area contributed by atoms with Crippen molar-refractivity contribution in [3.8, 4) is 22.8 Å². The Morgan fingerprint density at radius 1 is 0.533 bits per heavy atom. The molecule has 3 aromatic heterocycles. The van der Waals surface area contributed by atoms with E-state index in [1.807, 2.05) is 81.8 Å². The molecule has 8 heteroatoms. The van der Waals surface area contributed by atoms with Crippen LogP contribution in [0.5, 0.6) is 0 Å². The molecule has 6 rings (SSSR count). The van der Waals surface area contributed by atoms with Crippen molar-refractivity contribution in [2.75, 3.05) is 0 Å². The summed E-state index contributed by atoms with van der Waals surface area (Å²) < 4.78 is 3.86. The molecule has 0 saturated heterocycles. The fourth-order valence-corrected chi connectivity index (χ4v) is 4.14. The number of hydrogen-bond acceptors (Lipinski definition) is 4. The van der Waals surface area contributed by atoms with E-state index in [2.05, 4.69) is 20.4 Å². The molecule has 6 aromatic rings. The first-order valence-electron chi connectivity index (χ1n) is 9.24. The van der Waals surface area contributed by atoms with E-state index in [-0.39, 0.29) is 0 Å². The van der Waals surface area contributed by atoms with Gasteiger partial charge in [-0.15, -0.1) is 20.4 Å². The second kappa shape index (κ2) is 6.52. The third kappa shape index (κ3) is 2.51. The zero-order valence-electron chi connectivity index (χ0n) is 15.4. The van der Waals surface area contributed by atoms with E-state index in [0.29, 0.717) is 33.0 Å². The zero-order chi connectivity index (χ0) is 20.2. The van der Waals surface area contributed by atoms with Gasteiger partial charge < -0.3 is 0 Å². The van der Waals surface area contributed by atoms with Gasteiger partial charge in [0.15, 0.2) is 22.9 Å². The van der Waals surface area contributed by atoms with E-state index in [9.17, 15) is 0 Å². The van der Waals surface area contributed by atoms with Crippen LogP contribution in [0.3, 0.4) is 0 Å². The molecule has 0 unspecified atom stereocenters. The van der Waals surface area contributed by atoms with Crippen LogP contribution in [0.1, 0.15) is 0 Å². The lowest BCUT2D eigenvalue weighted by Crippen LogP contribution is -2.05. The summed E-state index contributed by atoms with van der Waals surface area (Å²) in [7, 11) is 0. The average Bonchev–Trinajstić information content (AvgIpc) is 3.39. The van der Waals surface area contributed by atoms with Crippen molar-refractivity contribution in [2.24, 2.45) is 0 Å². The standard InChI is InChI=1S/C22H12Cl2N6/c23-15-7-3-5-13(11-15)19-25-27-21-17-9-1-2-10-18(17)22-28-26-20(30(22)29(19)21)14-6-4-8-16(24)12-14/h1-12H. The largest absolute Gasteiger partial charge is 0.204 e. The Morgan fingerprint density at radius 2 is 1.00 bits per heavy atom. The molecule has 3 aromatic carbocycles. The van der Waals surface area contributed by atoms with Crippen LogP contribution < -0.4 is 0 Å². The van der Waals surface area contributed by atoms with Gasteiger partial charge in [0.1, 0.15) is 0 Å². The highest BCUT2D eigenvalue weighted by molar-refractivity contribution is 6.31. The summed E-state index contributed by atoms with van der Waals surface area (Å²) >= 11 is 12.5. The van der Waals surface area contributed by atoms with Gasteiger partial charge in [0.05, 0.1) is 0 Å². The summed E-state index contributed by atoms with van der Waals surface area (Å²) in [4.78, 5) is 0.